The van der Waals surface area contributed by atoms with Crippen molar-refractivity contribution in [3.63, 3.8) is 0 Å². The molecule has 4 nitrogen and oxygen atoms in total. The first-order valence-electron chi connectivity index (χ1n) is 4.86. The van der Waals surface area contributed by atoms with Crippen molar-refractivity contribution in [3.05, 3.63) is 0 Å². The Balaban J connectivity index is 2.64. The summed E-state index contributed by atoms with van der Waals surface area (Å²) >= 11 is 0. The lowest BCUT2D eigenvalue weighted by atomic mass is 10.2. The van der Waals surface area contributed by atoms with E-state index in [-0.39, 0.29) is 31.9 Å². The molecule has 2 N–H and O–H groups in total. The van der Waals surface area contributed by atoms with Crippen molar-refractivity contribution in [2.45, 2.75) is 24.8 Å². The van der Waals surface area contributed by atoms with Gasteiger partial charge >= 0.3 is 0 Å². The second-order valence-corrected chi connectivity index (χ2v) is 3.73. The van der Waals surface area contributed by atoms with Crippen LogP contribution in [0.25, 0.3) is 0 Å². The first kappa shape index (κ1) is 12.3. The fourth-order valence-electron chi connectivity index (χ4n) is 1.80. The zero-order valence-electron chi connectivity index (χ0n) is 8.71. The molecule has 1 rings (SSSR count). The lowest BCUT2D eigenvalue weighted by molar-refractivity contribution is -0.133. The van der Waals surface area contributed by atoms with Gasteiger partial charge in [-0.3, -0.25) is 4.79 Å². The lowest BCUT2D eigenvalue weighted by Crippen LogP contribution is -2.39. The molecule has 0 aromatic heterocycles. The van der Waals surface area contributed by atoms with Crippen LogP contribution in [0.5, 0.6) is 0 Å². The van der Waals surface area contributed by atoms with E-state index in [1.54, 1.807) is 0 Å². The average molecular weight is 222 g/mol. The van der Waals surface area contributed by atoms with E-state index in [2.05, 4.69) is 0 Å². The molecule has 6 heteroatoms. The fraction of sp³-hybridized carbons (Fsp3) is 0.889. The molecule has 0 spiro atoms. The average Bonchev–Trinajstić information content (AvgIpc) is 2.42. The first-order valence-corrected chi connectivity index (χ1v) is 4.86. The molecule has 1 aliphatic rings. The van der Waals surface area contributed by atoms with E-state index in [1.165, 1.54) is 12.0 Å². The third-order valence-corrected chi connectivity index (χ3v) is 2.41. The Bertz CT molecular complexity index is 236. The molecule has 1 fully saturated rings. The monoisotopic (exact) mass is 222 g/mol. The van der Waals surface area contributed by atoms with Crippen LogP contribution in [-0.4, -0.2) is 49.6 Å². The number of nitrogens with two attached hydrogens (primary N) is 1. The molecular weight excluding hydrogens is 206 g/mol. The van der Waals surface area contributed by atoms with E-state index in [9.17, 15) is 13.6 Å². The number of halogens is 2. The summed E-state index contributed by atoms with van der Waals surface area (Å²) in [6, 6.07) is -0.524. The summed E-state index contributed by atoms with van der Waals surface area (Å²) in [6.07, 6.45) is -0.215. The van der Waals surface area contributed by atoms with Crippen molar-refractivity contribution in [2.75, 3.05) is 26.8 Å². The Morgan fingerprint density at radius 1 is 1.67 bits per heavy atom. The van der Waals surface area contributed by atoms with Crippen molar-refractivity contribution in [3.8, 4) is 0 Å². The molecule has 0 aromatic rings. The maximum atomic E-state index is 13.1. The highest BCUT2D eigenvalue weighted by Gasteiger charge is 2.46. The van der Waals surface area contributed by atoms with Crippen LogP contribution in [0.4, 0.5) is 8.78 Å². The third kappa shape index (κ3) is 3.10. The van der Waals surface area contributed by atoms with E-state index in [0.29, 0.717) is 0 Å². The normalized spacial score (nSPS) is 24.5. The summed E-state index contributed by atoms with van der Waals surface area (Å²) in [7, 11) is 1.43. The van der Waals surface area contributed by atoms with Crippen LogP contribution < -0.4 is 5.73 Å². The zero-order chi connectivity index (χ0) is 11.5. The predicted octanol–water partition coefficient (Wildman–Crippen LogP) is 0.218. The molecule has 0 unspecified atom stereocenters. The lowest BCUT2D eigenvalue weighted by Gasteiger charge is -2.22. The number of hydrogen-bond donors (Lipinski definition) is 1. The highest BCUT2D eigenvalue weighted by Crippen LogP contribution is 2.32. The van der Waals surface area contributed by atoms with Gasteiger partial charge in [-0.2, -0.15) is 0 Å². The van der Waals surface area contributed by atoms with Crippen molar-refractivity contribution in [1.29, 1.82) is 0 Å². The first-order chi connectivity index (χ1) is 7.00. The van der Waals surface area contributed by atoms with Crippen molar-refractivity contribution in [1.82, 2.24) is 4.90 Å². The number of methoxy groups -OCH3 is 1. The highest BCUT2D eigenvalue weighted by atomic mass is 19.3. The van der Waals surface area contributed by atoms with Crippen molar-refractivity contribution < 1.29 is 18.3 Å². The Hall–Kier alpha value is -0.750. The molecule has 0 radical (unpaired) electrons. The summed E-state index contributed by atoms with van der Waals surface area (Å²) in [5.41, 5.74) is 5.22. The predicted molar refractivity (Wildman–Crippen MR) is 50.6 cm³/mol. The molecule has 0 aliphatic carbocycles. The summed E-state index contributed by atoms with van der Waals surface area (Å²) in [5, 5.41) is 0. The van der Waals surface area contributed by atoms with Gasteiger partial charge in [-0.25, -0.2) is 8.78 Å². The van der Waals surface area contributed by atoms with Crippen LogP contribution in [0.15, 0.2) is 0 Å². The molecule has 1 heterocycles. The van der Waals surface area contributed by atoms with Gasteiger partial charge in [0.05, 0.1) is 19.2 Å². The van der Waals surface area contributed by atoms with Gasteiger partial charge in [0, 0.05) is 26.5 Å². The van der Waals surface area contributed by atoms with E-state index >= 15 is 0 Å². The van der Waals surface area contributed by atoms with Crippen LogP contribution in [0, 0.1) is 0 Å². The van der Waals surface area contributed by atoms with Gasteiger partial charge in [0.15, 0.2) is 0 Å². The summed E-state index contributed by atoms with van der Waals surface area (Å²) < 4.78 is 31.0. The minimum atomic E-state index is -2.80. The zero-order valence-corrected chi connectivity index (χ0v) is 8.71. The van der Waals surface area contributed by atoms with Crippen LogP contribution in [0.2, 0.25) is 0 Å². The molecule has 0 aromatic carbocycles. The number of nitrogens with zero attached hydrogens (tertiary/aromatic N) is 1. The van der Waals surface area contributed by atoms with Gasteiger partial charge in [-0.05, 0) is 0 Å². The quantitative estimate of drug-likeness (QED) is 0.740. The van der Waals surface area contributed by atoms with Gasteiger partial charge in [0.1, 0.15) is 0 Å². The molecule has 1 atom stereocenters. The Kier molecular flexibility index (Phi) is 3.98. The van der Waals surface area contributed by atoms with Crippen LogP contribution >= 0.6 is 0 Å². The number of rotatable bonds is 4. The molecule has 1 saturated heterocycles. The Labute approximate surface area is 87.4 Å². The number of likely N-dealkylation sites (tertiary alicyclic amines) is 1. The molecule has 0 bridgehead atoms. The van der Waals surface area contributed by atoms with Gasteiger partial charge in [0.2, 0.25) is 5.91 Å². The summed E-state index contributed by atoms with van der Waals surface area (Å²) in [4.78, 5) is 12.7. The fourth-order valence-corrected chi connectivity index (χ4v) is 1.80. The maximum absolute atomic E-state index is 13.1. The molecule has 0 saturated carbocycles. The number of carbonyl (C=O) groups is 1. The number of amides is 1. The Morgan fingerprint density at radius 2 is 2.33 bits per heavy atom. The largest absolute Gasteiger partial charge is 0.383 e. The van der Waals surface area contributed by atoms with Crippen LogP contribution in [-0.2, 0) is 9.53 Å². The highest BCUT2D eigenvalue weighted by molar-refractivity contribution is 5.77. The van der Waals surface area contributed by atoms with Gasteiger partial charge in [-0.15, -0.1) is 0 Å². The molecule has 15 heavy (non-hydrogen) atoms. The second-order valence-electron chi connectivity index (χ2n) is 3.73. The Morgan fingerprint density at radius 3 is 2.87 bits per heavy atom. The standard InChI is InChI=1S/C9H16F2N2O2/c1-15-5-7-4-9(10,11)6-13(7)8(14)2-3-12/h7H,2-6,12H2,1H3/t7-/m0/s1. The number of alkyl halides is 2. The van der Waals surface area contributed by atoms with Crippen molar-refractivity contribution in [2.24, 2.45) is 5.73 Å². The second kappa shape index (κ2) is 4.85. The SMILES string of the molecule is COC[C@@H]1CC(F)(F)CN1C(=O)CCN. The van der Waals surface area contributed by atoms with E-state index in [0.717, 1.165) is 0 Å². The van der Waals surface area contributed by atoms with Crippen LogP contribution in [0.1, 0.15) is 12.8 Å². The third-order valence-electron chi connectivity index (χ3n) is 2.41. The van der Waals surface area contributed by atoms with Gasteiger partial charge in [0.25, 0.3) is 5.92 Å². The van der Waals surface area contributed by atoms with Gasteiger partial charge < -0.3 is 15.4 Å². The summed E-state index contributed by atoms with van der Waals surface area (Å²) in [5.74, 6) is -3.12. The van der Waals surface area contributed by atoms with E-state index in [1.807, 2.05) is 0 Å². The summed E-state index contributed by atoms with van der Waals surface area (Å²) in [6.45, 7) is -0.188. The molecule has 1 amide bonds. The van der Waals surface area contributed by atoms with Crippen LogP contribution in [0.3, 0.4) is 0 Å². The minimum absolute atomic E-state index is 0.107. The van der Waals surface area contributed by atoms with E-state index < -0.39 is 18.5 Å². The van der Waals surface area contributed by atoms with E-state index in [4.69, 9.17) is 10.5 Å². The molecule has 88 valence electrons. The number of hydrogen-bond acceptors (Lipinski definition) is 3. The van der Waals surface area contributed by atoms with Crippen molar-refractivity contribution >= 4 is 5.91 Å². The van der Waals surface area contributed by atoms with Gasteiger partial charge in [-0.1, -0.05) is 0 Å². The maximum Gasteiger partial charge on any atom is 0.267 e. The minimum Gasteiger partial charge on any atom is -0.383 e. The molecular formula is C9H16F2N2O2. The number of ether oxygens (including phenoxy) is 1. The topological polar surface area (TPSA) is 55.6 Å². The smallest absolute Gasteiger partial charge is 0.267 e. The number of carbonyl (C=O) groups excluding carboxylic acids is 1. The molecule has 1 aliphatic heterocycles.